The van der Waals surface area contributed by atoms with Crippen molar-refractivity contribution in [3.05, 3.63) is 0 Å². The number of rotatable bonds is 6. The largest absolute Gasteiger partial charge is 0.348 e. The van der Waals surface area contributed by atoms with Gasteiger partial charge in [0.05, 0.1) is 7.05 Å². The van der Waals surface area contributed by atoms with Crippen LogP contribution < -0.4 is 15.5 Å². The van der Waals surface area contributed by atoms with E-state index >= 15 is 0 Å². The highest BCUT2D eigenvalue weighted by Crippen LogP contribution is 2.18. The van der Waals surface area contributed by atoms with E-state index in [2.05, 4.69) is 10.6 Å². The van der Waals surface area contributed by atoms with Gasteiger partial charge in [-0.25, -0.2) is 0 Å². The fourth-order valence-electron chi connectivity index (χ4n) is 2.71. The van der Waals surface area contributed by atoms with E-state index in [0.29, 0.717) is 18.6 Å². The zero-order valence-corrected chi connectivity index (χ0v) is 12.7. The van der Waals surface area contributed by atoms with Crippen LogP contribution in [0, 0.1) is 0 Å². The van der Waals surface area contributed by atoms with Gasteiger partial charge in [0.15, 0.2) is 12.6 Å². The monoisotopic (exact) mass is 282 g/mol. The molecule has 0 heterocycles. The second-order valence-electron chi connectivity index (χ2n) is 6.43. The Morgan fingerprint density at radius 2 is 1.65 bits per heavy atom. The van der Waals surface area contributed by atoms with E-state index < -0.39 is 0 Å². The van der Waals surface area contributed by atoms with Crippen molar-refractivity contribution in [2.24, 2.45) is 0 Å². The van der Waals surface area contributed by atoms with Gasteiger partial charge in [-0.3, -0.25) is 9.59 Å². The average Bonchev–Trinajstić information content (AvgIpc) is 3.22. The summed E-state index contributed by atoms with van der Waals surface area (Å²) < 4.78 is 0. The van der Waals surface area contributed by atoms with Crippen molar-refractivity contribution in [3.63, 3.8) is 0 Å². The third kappa shape index (κ3) is 4.78. The molecular formula is C15H28N3O2+. The van der Waals surface area contributed by atoms with Gasteiger partial charge in [-0.15, -0.1) is 0 Å². The predicted molar refractivity (Wildman–Crippen MR) is 77.4 cm³/mol. The molecular weight excluding hydrogens is 254 g/mol. The molecule has 0 bridgehead atoms. The zero-order chi connectivity index (χ0) is 14.5. The molecule has 3 N–H and O–H groups in total. The zero-order valence-electron chi connectivity index (χ0n) is 12.7. The molecule has 2 aliphatic rings. The molecule has 0 radical (unpaired) electrons. The van der Waals surface area contributed by atoms with Gasteiger partial charge in [0.2, 0.25) is 0 Å². The first-order valence-electron chi connectivity index (χ1n) is 7.98. The highest BCUT2D eigenvalue weighted by Gasteiger charge is 2.28. The summed E-state index contributed by atoms with van der Waals surface area (Å²) in [5, 5.41) is 6.10. The van der Waals surface area contributed by atoms with E-state index in [-0.39, 0.29) is 17.9 Å². The molecule has 0 aliphatic heterocycles. The molecule has 114 valence electrons. The normalized spacial score (nSPS) is 22.9. The molecule has 5 heteroatoms. The first-order valence-corrected chi connectivity index (χ1v) is 7.98. The Labute approximate surface area is 121 Å². The second-order valence-corrected chi connectivity index (χ2v) is 6.43. The Morgan fingerprint density at radius 1 is 1.05 bits per heavy atom. The van der Waals surface area contributed by atoms with Gasteiger partial charge in [0.25, 0.3) is 11.8 Å². The molecule has 2 amide bonds. The molecule has 0 aromatic rings. The lowest BCUT2D eigenvalue weighted by atomic mass is 9.95. The molecule has 1 unspecified atom stereocenters. The van der Waals surface area contributed by atoms with E-state index in [1.54, 1.807) is 0 Å². The maximum absolute atomic E-state index is 12.2. The van der Waals surface area contributed by atoms with Crippen LogP contribution in [0.5, 0.6) is 0 Å². The maximum atomic E-state index is 12.2. The summed E-state index contributed by atoms with van der Waals surface area (Å²) in [5.41, 5.74) is 0. The summed E-state index contributed by atoms with van der Waals surface area (Å²) in [5.74, 6) is 0.135. The first-order chi connectivity index (χ1) is 9.56. The minimum Gasteiger partial charge on any atom is -0.348 e. The Hall–Kier alpha value is -1.10. The number of amides is 2. The molecule has 0 aromatic carbocycles. The van der Waals surface area contributed by atoms with Gasteiger partial charge < -0.3 is 15.5 Å². The van der Waals surface area contributed by atoms with E-state index in [4.69, 9.17) is 0 Å². The summed E-state index contributed by atoms with van der Waals surface area (Å²) in [6.07, 6.45) is 8.11. The quantitative estimate of drug-likeness (QED) is 0.622. The lowest BCUT2D eigenvalue weighted by molar-refractivity contribution is -0.886. The van der Waals surface area contributed by atoms with E-state index in [9.17, 15) is 9.59 Å². The lowest BCUT2D eigenvalue weighted by Crippen LogP contribution is -3.15. The number of hydrogen-bond donors (Lipinski definition) is 3. The Morgan fingerprint density at radius 3 is 2.25 bits per heavy atom. The van der Waals surface area contributed by atoms with Crippen molar-refractivity contribution in [2.45, 2.75) is 70.0 Å². The number of carbonyl (C=O) groups excluding carboxylic acids is 2. The summed E-state index contributed by atoms with van der Waals surface area (Å²) in [6, 6.07) is 0.551. The fourth-order valence-corrected chi connectivity index (χ4v) is 2.71. The Balaban J connectivity index is 1.71. The molecule has 2 rings (SSSR count). The van der Waals surface area contributed by atoms with Crippen molar-refractivity contribution >= 4 is 11.8 Å². The van der Waals surface area contributed by atoms with Gasteiger partial charge in [0, 0.05) is 12.1 Å². The molecule has 2 aliphatic carbocycles. The molecule has 0 aromatic heterocycles. The molecule has 2 saturated carbocycles. The standard InChI is InChI=1S/C15H27N3O2/c1-11(15(20)17-12-6-4-3-5-7-12)18(2)10-14(19)16-13-8-9-13/h11-13H,3-10H2,1-2H3,(H,16,19)(H,17,20)/p+1/t11-/m1/s1. The molecule has 20 heavy (non-hydrogen) atoms. The van der Waals surface area contributed by atoms with Gasteiger partial charge in [0.1, 0.15) is 0 Å². The molecule has 0 spiro atoms. The van der Waals surface area contributed by atoms with Crippen molar-refractivity contribution in [3.8, 4) is 0 Å². The van der Waals surface area contributed by atoms with Crippen molar-refractivity contribution in [1.82, 2.24) is 10.6 Å². The van der Waals surface area contributed by atoms with Crippen LogP contribution in [-0.4, -0.2) is 43.5 Å². The third-order valence-electron chi connectivity index (χ3n) is 4.47. The number of carbonyl (C=O) groups is 2. The highest BCUT2D eigenvalue weighted by molar-refractivity contribution is 5.81. The summed E-state index contributed by atoms with van der Waals surface area (Å²) in [4.78, 5) is 24.9. The predicted octanol–water partition coefficient (Wildman–Crippen LogP) is -0.383. The minimum atomic E-state index is -0.179. The van der Waals surface area contributed by atoms with E-state index in [1.807, 2.05) is 14.0 Å². The number of quaternary nitrogens is 1. The summed E-state index contributed by atoms with van der Waals surface area (Å²) in [6.45, 7) is 2.27. The minimum absolute atomic E-state index is 0.0577. The van der Waals surface area contributed by atoms with Crippen LogP contribution in [-0.2, 0) is 9.59 Å². The van der Waals surface area contributed by atoms with Crippen LogP contribution in [0.1, 0.15) is 51.9 Å². The lowest BCUT2D eigenvalue weighted by Gasteiger charge is -2.26. The van der Waals surface area contributed by atoms with Crippen LogP contribution in [0.2, 0.25) is 0 Å². The van der Waals surface area contributed by atoms with Crippen LogP contribution in [0.3, 0.4) is 0 Å². The SMILES string of the molecule is C[C@H](C(=O)NC1CCCCC1)[NH+](C)CC(=O)NC1CC1. The summed E-state index contributed by atoms with van der Waals surface area (Å²) in [7, 11) is 1.91. The summed E-state index contributed by atoms with van der Waals surface area (Å²) >= 11 is 0. The van der Waals surface area contributed by atoms with Gasteiger partial charge >= 0.3 is 0 Å². The van der Waals surface area contributed by atoms with Crippen LogP contribution in [0.15, 0.2) is 0 Å². The third-order valence-corrected chi connectivity index (χ3v) is 4.47. The van der Waals surface area contributed by atoms with Crippen molar-refractivity contribution in [1.29, 1.82) is 0 Å². The highest BCUT2D eigenvalue weighted by atomic mass is 16.2. The Bertz CT molecular complexity index is 349. The van der Waals surface area contributed by atoms with Crippen molar-refractivity contribution < 1.29 is 14.5 Å². The maximum Gasteiger partial charge on any atom is 0.278 e. The van der Waals surface area contributed by atoms with Gasteiger partial charge in [-0.05, 0) is 32.6 Å². The molecule has 5 nitrogen and oxygen atoms in total. The van der Waals surface area contributed by atoms with Crippen molar-refractivity contribution in [2.75, 3.05) is 13.6 Å². The van der Waals surface area contributed by atoms with E-state index in [1.165, 1.54) is 19.3 Å². The Kier molecular flexibility index (Phi) is 5.40. The molecule has 0 saturated heterocycles. The van der Waals surface area contributed by atoms with Gasteiger partial charge in [-0.2, -0.15) is 0 Å². The number of likely N-dealkylation sites (N-methyl/N-ethyl adjacent to an activating group) is 1. The van der Waals surface area contributed by atoms with Crippen LogP contribution >= 0.6 is 0 Å². The molecule has 2 fully saturated rings. The van der Waals surface area contributed by atoms with Gasteiger partial charge in [-0.1, -0.05) is 19.3 Å². The van der Waals surface area contributed by atoms with Crippen LogP contribution in [0.25, 0.3) is 0 Å². The topological polar surface area (TPSA) is 62.6 Å². The first kappa shape index (κ1) is 15.3. The average molecular weight is 282 g/mol. The van der Waals surface area contributed by atoms with E-state index in [0.717, 1.165) is 30.6 Å². The second kappa shape index (κ2) is 7.07. The number of nitrogens with one attached hydrogen (secondary N) is 3. The van der Waals surface area contributed by atoms with Crippen LogP contribution in [0.4, 0.5) is 0 Å². The smallest absolute Gasteiger partial charge is 0.278 e. The fraction of sp³-hybridized carbons (Fsp3) is 0.867. The molecule has 2 atom stereocenters. The number of hydrogen-bond acceptors (Lipinski definition) is 2.